The Morgan fingerprint density at radius 3 is 2.55 bits per heavy atom. The lowest BCUT2D eigenvalue weighted by molar-refractivity contribution is 0.0684. The summed E-state index contributed by atoms with van der Waals surface area (Å²) < 4.78 is 6.86. The third-order valence-electron chi connectivity index (χ3n) is 11.1. The zero-order valence-corrected chi connectivity index (χ0v) is 22.8. The lowest BCUT2D eigenvalue weighted by Gasteiger charge is -2.44. The van der Waals surface area contributed by atoms with E-state index in [1.165, 1.54) is 51.4 Å². The van der Waals surface area contributed by atoms with Crippen LogP contribution >= 0.6 is 0 Å². The number of hydrogen-bond donors (Lipinski definition) is 1. The van der Waals surface area contributed by atoms with E-state index in [1.807, 2.05) is 0 Å². The largest absolute Gasteiger partial charge is 0.414 e. The predicted octanol–water partition coefficient (Wildman–Crippen LogP) is 7.58. The normalized spacial score (nSPS) is 43.6. The van der Waals surface area contributed by atoms with Crippen molar-refractivity contribution in [2.45, 2.75) is 117 Å². The van der Waals surface area contributed by atoms with Crippen molar-refractivity contribution in [1.29, 1.82) is 0 Å². The molecular formula is C28H50O2Si. The van der Waals surface area contributed by atoms with Crippen molar-refractivity contribution in [2.75, 3.05) is 6.61 Å². The molecule has 0 spiro atoms. The predicted molar refractivity (Wildman–Crippen MR) is 134 cm³/mol. The SMILES string of the molecule is C[C@H](CO)[C@H]1CC[C@H]2/C(=C/[C@@H](C)[C@]34CC3C[C@H](O[Si](C)(C)C(C)(C)C)C4)CCC[C@]12C. The quantitative estimate of drug-likeness (QED) is 0.336. The summed E-state index contributed by atoms with van der Waals surface area (Å²) in [4.78, 5) is 0. The Bertz CT molecular complexity index is 706. The molecule has 0 aromatic heterocycles. The highest BCUT2D eigenvalue weighted by Crippen LogP contribution is 2.69. The second-order valence-electron chi connectivity index (χ2n) is 13.9. The molecule has 0 aromatic rings. The maximum absolute atomic E-state index is 9.83. The van der Waals surface area contributed by atoms with Gasteiger partial charge in [-0.1, -0.05) is 53.2 Å². The Balaban J connectivity index is 1.46. The van der Waals surface area contributed by atoms with Gasteiger partial charge in [0, 0.05) is 12.7 Å². The number of aliphatic hydroxyl groups excluding tert-OH is 1. The number of hydrogen-bond acceptors (Lipinski definition) is 2. The molecule has 3 heteroatoms. The van der Waals surface area contributed by atoms with Gasteiger partial charge in [0.15, 0.2) is 8.32 Å². The molecule has 0 aliphatic heterocycles. The van der Waals surface area contributed by atoms with E-state index in [9.17, 15) is 5.11 Å². The molecule has 4 aliphatic carbocycles. The molecule has 0 aromatic carbocycles. The van der Waals surface area contributed by atoms with Crippen LogP contribution in [0.4, 0.5) is 0 Å². The summed E-state index contributed by atoms with van der Waals surface area (Å²) in [7, 11) is -1.67. The first-order chi connectivity index (χ1) is 14.3. The lowest BCUT2D eigenvalue weighted by Crippen LogP contribution is -2.43. The van der Waals surface area contributed by atoms with E-state index in [1.54, 1.807) is 5.57 Å². The minimum Gasteiger partial charge on any atom is -0.414 e. The van der Waals surface area contributed by atoms with Gasteiger partial charge in [-0.3, -0.25) is 0 Å². The van der Waals surface area contributed by atoms with Gasteiger partial charge >= 0.3 is 0 Å². The summed E-state index contributed by atoms with van der Waals surface area (Å²) in [5.74, 6) is 3.49. The van der Waals surface area contributed by atoms with Gasteiger partial charge in [0.2, 0.25) is 0 Å². The first kappa shape index (κ1) is 24.0. The molecule has 0 heterocycles. The van der Waals surface area contributed by atoms with Crippen LogP contribution in [0.5, 0.6) is 0 Å². The Morgan fingerprint density at radius 1 is 1.19 bits per heavy atom. The minimum atomic E-state index is -1.67. The maximum atomic E-state index is 9.83. The fraction of sp³-hybridized carbons (Fsp3) is 0.929. The van der Waals surface area contributed by atoms with Gasteiger partial charge in [-0.2, -0.15) is 0 Å². The van der Waals surface area contributed by atoms with Crippen LogP contribution < -0.4 is 0 Å². The van der Waals surface area contributed by atoms with Gasteiger partial charge < -0.3 is 9.53 Å². The van der Waals surface area contributed by atoms with Gasteiger partial charge in [-0.15, -0.1) is 0 Å². The topological polar surface area (TPSA) is 29.5 Å². The van der Waals surface area contributed by atoms with E-state index in [4.69, 9.17) is 4.43 Å². The summed E-state index contributed by atoms with van der Waals surface area (Å²) in [6.07, 6.45) is 13.9. The summed E-state index contributed by atoms with van der Waals surface area (Å²) >= 11 is 0. The van der Waals surface area contributed by atoms with Crippen molar-refractivity contribution in [1.82, 2.24) is 0 Å². The third-order valence-corrected chi connectivity index (χ3v) is 15.6. The van der Waals surface area contributed by atoms with Crippen LogP contribution in [0.25, 0.3) is 0 Å². The Kier molecular flexibility index (Phi) is 6.18. The monoisotopic (exact) mass is 446 g/mol. The first-order valence-electron chi connectivity index (χ1n) is 13.3. The fourth-order valence-corrected chi connectivity index (χ4v) is 9.41. The van der Waals surface area contributed by atoms with Gasteiger partial charge in [0.1, 0.15) is 0 Å². The first-order valence-corrected chi connectivity index (χ1v) is 16.2. The van der Waals surface area contributed by atoms with Crippen molar-refractivity contribution >= 4 is 8.32 Å². The highest BCUT2D eigenvalue weighted by atomic mass is 28.4. The zero-order chi connectivity index (χ0) is 22.8. The molecule has 4 aliphatic rings. The molecule has 0 bridgehead atoms. The van der Waals surface area contributed by atoms with Crippen molar-refractivity contribution < 1.29 is 9.53 Å². The molecule has 0 amide bonds. The average Bonchev–Trinajstić information content (AvgIpc) is 3.05. The molecule has 1 unspecified atom stereocenters. The summed E-state index contributed by atoms with van der Waals surface area (Å²) in [6, 6.07) is 0. The Morgan fingerprint density at radius 2 is 1.90 bits per heavy atom. The number of fused-ring (bicyclic) bond motifs is 2. The Labute approximate surface area is 193 Å². The van der Waals surface area contributed by atoms with E-state index in [-0.39, 0.29) is 0 Å². The maximum Gasteiger partial charge on any atom is 0.192 e. The highest BCUT2D eigenvalue weighted by Gasteiger charge is 2.63. The van der Waals surface area contributed by atoms with Crippen LogP contribution in [0.3, 0.4) is 0 Å². The van der Waals surface area contributed by atoms with Crippen LogP contribution in [0.1, 0.15) is 92.9 Å². The van der Waals surface area contributed by atoms with Crippen LogP contribution in [0.15, 0.2) is 11.6 Å². The summed E-state index contributed by atoms with van der Waals surface area (Å²) in [5, 5.41) is 10.1. The lowest BCUT2D eigenvalue weighted by atomic mass is 9.61. The average molecular weight is 447 g/mol. The van der Waals surface area contributed by atoms with Crippen molar-refractivity contribution in [2.24, 2.45) is 40.4 Å². The summed E-state index contributed by atoms with van der Waals surface area (Å²) in [6.45, 7) is 19.6. The molecule has 4 saturated carbocycles. The van der Waals surface area contributed by atoms with Gasteiger partial charge in [0.05, 0.1) is 0 Å². The fourth-order valence-electron chi connectivity index (χ4n) is 8.05. The number of allylic oxidation sites excluding steroid dienone is 2. The van der Waals surface area contributed by atoms with E-state index < -0.39 is 8.32 Å². The van der Waals surface area contributed by atoms with Crippen LogP contribution in [-0.2, 0) is 4.43 Å². The molecule has 4 rings (SSSR count). The third kappa shape index (κ3) is 4.03. The highest BCUT2D eigenvalue weighted by molar-refractivity contribution is 6.74. The Hall–Kier alpha value is -0.123. The van der Waals surface area contributed by atoms with Crippen LogP contribution in [0, 0.1) is 40.4 Å². The molecule has 0 saturated heterocycles. The van der Waals surface area contributed by atoms with Crippen molar-refractivity contribution in [3.63, 3.8) is 0 Å². The molecule has 4 fully saturated rings. The van der Waals surface area contributed by atoms with Gasteiger partial charge in [-0.25, -0.2) is 0 Å². The van der Waals surface area contributed by atoms with Crippen molar-refractivity contribution in [3.8, 4) is 0 Å². The second kappa shape index (κ2) is 7.98. The number of rotatable bonds is 6. The molecule has 2 nitrogen and oxygen atoms in total. The molecule has 1 N–H and O–H groups in total. The van der Waals surface area contributed by atoms with E-state index >= 15 is 0 Å². The molecule has 0 radical (unpaired) electrons. The standard InChI is InChI=1S/C28H50O2Si/c1-19(18-29)24-11-12-25-21(10-9-13-27(24,25)6)14-20(2)28-16-22(28)15-23(17-28)30-31(7,8)26(3,4)5/h14,19-20,22-25,29H,9-13,15-18H2,1-8H3/b21-14+/t19-,20-,22?,23+,24-,25+,27-,28-/m1/s1. The summed E-state index contributed by atoms with van der Waals surface area (Å²) in [5.41, 5.74) is 2.73. The molecular weight excluding hydrogens is 396 g/mol. The molecule has 8 atom stereocenters. The van der Waals surface area contributed by atoms with Gasteiger partial charge in [0.25, 0.3) is 0 Å². The van der Waals surface area contributed by atoms with Crippen molar-refractivity contribution in [3.05, 3.63) is 11.6 Å². The molecule has 31 heavy (non-hydrogen) atoms. The second-order valence-corrected chi connectivity index (χ2v) is 18.6. The minimum absolute atomic E-state index is 0.303. The van der Waals surface area contributed by atoms with Crippen LogP contribution in [-0.4, -0.2) is 26.1 Å². The molecule has 178 valence electrons. The van der Waals surface area contributed by atoms with E-state index in [0.29, 0.717) is 46.3 Å². The number of aliphatic hydroxyl groups is 1. The zero-order valence-electron chi connectivity index (χ0n) is 21.8. The van der Waals surface area contributed by atoms with E-state index in [2.05, 4.69) is 60.7 Å². The smallest absolute Gasteiger partial charge is 0.192 e. The van der Waals surface area contributed by atoms with E-state index in [0.717, 1.165) is 11.8 Å². The van der Waals surface area contributed by atoms with Crippen LogP contribution in [0.2, 0.25) is 18.1 Å². The van der Waals surface area contributed by atoms with Gasteiger partial charge in [-0.05, 0) is 110 Å².